The number of alkyl carbamates (subject to hydrolysis) is 1. The number of hydrogen-bond donors (Lipinski definition) is 2. The van der Waals surface area contributed by atoms with Gasteiger partial charge in [-0.15, -0.1) is 0 Å². The van der Waals surface area contributed by atoms with E-state index in [2.05, 4.69) is 32.4 Å². The summed E-state index contributed by atoms with van der Waals surface area (Å²) in [5.74, 6) is 0. The van der Waals surface area contributed by atoms with Gasteiger partial charge >= 0.3 is 6.09 Å². The van der Waals surface area contributed by atoms with Crippen LogP contribution in [0, 0.1) is 0 Å². The molecule has 0 aliphatic heterocycles. The van der Waals surface area contributed by atoms with Crippen LogP contribution in [-0.4, -0.2) is 32.2 Å². The molecule has 0 aliphatic carbocycles. The van der Waals surface area contributed by atoms with E-state index in [1.807, 2.05) is 59.0 Å². The quantitative estimate of drug-likeness (QED) is 0.642. The standard InChI is InChI=1S/C23H28N4O2/c1-22(2,3)29-21(28)27-23(4,5)13-17-14-26-20-16(7-6-8-19(17)20)9-10-18-15-24-11-12-25-18/h6-12,14-15,26H,13H2,1-5H3,(H,27,28). The van der Waals surface area contributed by atoms with E-state index in [9.17, 15) is 4.79 Å². The van der Waals surface area contributed by atoms with Crippen molar-refractivity contribution in [3.8, 4) is 0 Å². The average molecular weight is 393 g/mol. The molecule has 0 radical (unpaired) electrons. The maximum absolute atomic E-state index is 12.2. The number of para-hydroxylation sites is 1. The van der Waals surface area contributed by atoms with E-state index in [0.29, 0.717) is 6.42 Å². The summed E-state index contributed by atoms with van der Waals surface area (Å²) in [5.41, 5.74) is 3.08. The van der Waals surface area contributed by atoms with Gasteiger partial charge in [-0.25, -0.2) is 4.79 Å². The summed E-state index contributed by atoms with van der Waals surface area (Å²) in [6.07, 6.45) is 11.3. The van der Waals surface area contributed by atoms with Crippen molar-refractivity contribution in [2.45, 2.75) is 52.2 Å². The maximum atomic E-state index is 12.2. The van der Waals surface area contributed by atoms with Gasteiger partial charge in [0.1, 0.15) is 5.60 Å². The number of aromatic amines is 1. The SMILES string of the molecule is CC(C)(Cc1c[nH]c2c(C=Cc3cnccn3)cccc12)NC(=O)OC(C)(C)C. The minimum atomic E-state index is -0.523. The summed E-state index contributed by atoms with van der Waals surface area (Å²) >= 11 is 0. The molecule has 3 aromatic rings. The van der Waals surface area contributed by atoms with Gasteiger partial charge in [-0.2, -0.15) is 0 Å². The van der Waals surface area contributed by atoms with Crippen LogP contribution in [0.5, 0.6) is 0 Å². The molecule has 0 saturated heterocycles. The lowest BCUT2D eigenvalue weighted by molar-refractivity contribution is 0.0472. The van der Waals surface area contributed by atoms with Crippen molar-refractivity contribution < 1.29 is 9.53 Å². The van der Waals surface area contributed by atoms with Crippen LogP contribution in [0.1, 0.15) is 51.4 Å². The van der Waals surface area contributed by atoms with Gasteiger partial charge in [0, 0.05) is 29.5 Å². The number of rotatable bonds is 5. The largest absolute Gasteiger partial charge is 0.444 e. The number of nitrogens with one attached hydrogen (secondary N) is 2. The first kappa shape index (κ1) is 20.6. The van der Waals surface area contributed by atoms with Crippen LogP contribution in [0.4, 0.5) is 4.79 Å². The van der Waals surface area contributed by atoms with Gasteiger partial charge in [-0.05, 0) is 58.2 Å². The lowest BCUT2D eigenvalue weighted by Gasteiger charge is -2.28. The number of fused-ring (bicyclic) bond motifs is 1. The fourth-order valence-electron chi connectivity index (χ4n) is 3.19. The number of H-pyrrole nitrogens is 1. The Hall–Kier alpha value is -3.15. The highest BCUT2D eigenvalue weighted by molar-refractivity contribution is 5.92. The molecule has 2 N–H and O–H groups in total. The van der Waals surface area contributed by atoms with E-state index in [1.54, 1.807) is 18.6 Å². The smallest absolute Gasteiger partial charge is 0.408 e. The third-order valence-electron chi connectivity index (χ3n) is 4.32. The minimum Gasteiger partial charge on any atom is -0.444 e. The molecule has 0 unspecified atom stereocenters. The molecular weight excluding hydrogens is 364 g/mol. The van der Waals surface area contributed by atoms with Crippen molar-refractivity contribution >= 4 is 29.1 Å². The molecule has 2 heterocycles. The Morgan fingerprint density at radius 3 is 2.66 bits per heavy atom. The zero-order chi connectivity index (χ0) is 21.1. The lowest BCUT2D eigenvalue weighted by atomic mass is 9.94. The molecule has 6 heteroatoms. The van der Waals surface area contributed by atoms with Crippen molar-refractivity contribution in [3.63, 3.8) is 0 Å². The van der Waals surface area contributed by atoms with E-state index < -0.39 is 17.2 Å². The molecular formula is C23H28N4O2. The van der Waals surface area contributed by atoms with Crippen molar-refractivity contribution in [3.05, 3.63) is 59.8 Å². The second kappa shape index (κ2) is 8.07. The van der Waals surface area contributed by atoms with Gasteiger partial charge in [0.25, 0.3) is 0 Å². The topological polar surface area (TPSA) is 79.9 Å². The van der Waals surface area contributed by atoms with Gasteiger partial charge < -0.3 is 15.0 Å². The van der Waals surface area contributed by atoms with Gasteiger partial charge in [-0.3, -0.25) is 9.97 Å². The third kappa shape index (κ3) is 5.67. The zero-order valence-electron chi connectivity index (χ0n) is 17.6. The Bertz CT molecular complexity index is 1010. The zero-order valence-corrected chi connectivity index (χ0v) is 17.6. The molecule has 0 spiro atoms. The predicted octanol–water partition coefficient (Wildman–Crippen LogP) is 4.97. The molecule has 0 aliphatic rings. The average Bonchev–Trinajstić information content (AvgIpc) is 3.01. The number of hydrogen-bond acceptors (Lipinski definition) is 4. The molecule has 1 aromatic carbocycles. The lowest BCUT2D eigenvalue weighted by Crippen LogP contribution is -2.47. The Morgan fingerprint density at radius 1 is 1.17 bits per heavy atom. The Kier molecular flexibility index (Phi) is 5.73. The van der Waals surface area contributed by atoms with Crippen LogP contribution >= 0.6 is 0 Å². The highest BCUT2D eigenvalue weighted by Crippen LogP contribution is 2.26. The molecule has 0 atom stereocenters. The van der Waals surface area contributed by atoms with Crippen molar-refractivity contribution in [2.75, 3.05) is 0 Å². The minimum absolute atomic E-state index is 0.407. The number of amides is 1. The molecule has 3 rings (SSSR count). The molecule has 29 heavy (non-hydrogen) atoms. The van der Waals surface area contributed by atoms with E-state index >= 15 is 0 Å². The third-order valence-corrected chi connectivity index (χ3v) is 4.32. The number of aromatic nitrogens is 3. The van der Waals surface area contributed by atoms with Crippen LogP contribution in [0.3, 0.4) is 0 Å². The number of benzene rings is 1. The van der Waals surface area contributed by atoms with E-state index in [0.717, 1.165) is 27.7 Å². The Morgan fingerprint density at radius 2 is 1.97 bits per heavy atom. The van der Waals surface area contributed by atoms with Gasteiger partial charge in [0.2, 0.25) is 0 Å². The number of carbonyl (C=O) groups is 1. The highest BCUT2D eigenvalue weighted by Gasteiger charge is 2.26. The summed E-state index contributed by atoms with van der Waals surface area (Å²) in [5, 5.41) is 4.10. The monoisotopic (exact) mass is 392 g/mol. The number of carbonyl (C=O) groups excluding carboxylic acids is 1. The summed E-state index contributed by atoms with van der Waals surface area (Å²) in [4.78, 5) is 23.9. The van der Waals surface area contributed by atoms with Crippen LogP contribution in [0.25, 0.3) is 23.1 Å². The summed E-state index contributed by atoms with van der Waals surface area (Å²) in [6.45, 7) is 9.56. The van der Waals surface area contributed by atoms with E-state index in [4.69, 9.17) is 4.74 Å². The molecule has 6 nitrogen and oxygen atoms in total. The fourth-order valence-corrected chi connectivity index (χ4v) is 3.19. The van der Waals surface area contributed by atoms with E-state index in [-0.39, 0.29) is 0 Å². The van der Waals surface area contributed by atoms with E-state index in [1.165, 1.54) is 0 Å². The number of ether oxygens (including phenoxy) is 1. The van der Waals surface area contributed by atoms with Crippen LogP contribution in [-0.2, 0) is 11.2 Å². The van der Waals surface area contributed by atoms with Gasteiger partial charge in [-0.1, -0.05) is 24.3 Å². The first-order valence-electron chi connectivity index (χ1n) is 9.67. The van der Waals surface area contributed by atoms with Crippen molar-refractivity contribution in [1.29, 1.82) is 0 Å². The molecule has 2 aromatic heterocycles. The Labute approximate surface area is 171 Å². The predicted molar refractivity (Wildman–Crippen MR) is 116 cm³/mol. The molecule has 0 saturated carbocycles. The molecule has 0 bridgehead atoms. The molecule has 0 fully saturated rings. The van der Waals surface area contributed by atoms with Crippen LogP contribution in [0.2, 0.25) is 0 Å². The summed E-state index contributed by atoms with van der Waals surface area (Å²) in [7, 11) is 0. The normalized spacial score (nSPS) is 12.4. The van der Waals surface area contributed by atoms with Crippen LogP contribution < -0.4 is 5.32 Å². The maximum Gasteiger partial charge on any atom is 0.408 e. The first-order valence-corrected chi connectivity index (χ1v) is 9.67. The van der Waals surface area contributed by atoms with Gasteiger partial charge in [0.05, 0.1) is 17.4 Å². The fraction of sp³-hybridized carbons (Fsp3) is 0.348. The second-order valence-corrected chi connectivity index (χ2v) is 8.73. The molecule has 1 amide bonds. The Balaban J connectivity index is 1.79. The van der Waals surface area contributed by atoms with Crippen LogP contribution in [0.15, 0.2) is 43.0 Å². The first-order chi connectivity index (χ1) is 13.6. The summed E-state index contributed by atoms with van der Waals surface area (Å²) < 4.78 is 5.40. The van der Waals surface area contributed by atoms with Crippen molar-refractivity contribution in [1.82, 2.24) is 20.3 Å². The summed E-state index contributed by atoms with van der Waals surface area (Å²) in [6, 6.07) is 6.17. The van der Waals surface area contributed by atoms with Crippen molar-refractivity contribution in [2.24, 2.45) is 0 Å². The molecule has 152 valence electrons. The number of nitrogens with zero attached hydrogens (tertiary/aromatic N) is 2. The van der Waals surface area contributed by atoms with Gasteiger partial charge in [0.15, 0.2) is 0 Å². The highest BCUT2D eigenvalue weighted by atomic mass is 16.6. The second-order valence-electron chi connectivity index (χ2n) is 8.73.